The van der Waals surface area contributed by atoms with Crippen molar-refractivity contribution >= 4 is 11.8 Å². The lowest BCUT2D eigenvalue weighted by Crippen LogP contribution is -2.41. The Labute approximate surface area is 139 Å². The molecule has 1 unspecified atom stereocenters. The Hall–Kier alpha value is -1.84. The summed E-state index contributed by atoms with van der Waals surface area (Å²) >= 11 is 0. The number of nitrogens with zero attached hydrogens (tertiary/aromatic N) is 1. The number of fused-ring (bicyclic) bond motifs is 1. The van der Waals surface area contributed by atoms with Gasteiger partial charge >= 0.3 is 0 Å². The molecule has 2 rings (SSSR count). The van der Waals surface area contributed by atoms with E-state index in [1.165, 1.54) is 18.4 Å². The molecule has 1 aromatic carbocycles. The van der Waals surface area contributed by atoms with Crippen molar-refractivity contribution < 1.29 is 9.59 Å². The Bertz CT molecular complexity index is 542. The number of amides is 2. The molecule has 0 saturated heterocycles. The zero-order valence-corrected chi connectivity index (χ0v) is 14.3. The summed E-state index contributed by atoms with van der Waals surface area (Å²) in [6, 6.07) is 8.02. The van der Waals surface area contributed by atoms with Gasteiger partial charge in [0.2, 0.25) is 11.8 Å². The largest absolute Gasteiger partial charge is 0.356 e. The summed E-state index contributed by atoms with van der Waals surface area (Å²) < 4.78 is 0. The van der Waals surface area contributed by atoms with Gasteiger partial charge in [-0.1, -0.05) is 50.5 Å². The van der Waals surface area contributed by atoms with Crippen molar-refractivity contribution in [2.24, 2.45) is 0 Å². The van der Waals surface area contributed by atoms with Crippen LogP contribution in [0.3, 0.4) is 0 Å². The molecule has 0 aromatic heterocycles. The van der Waals surface area contributed by atoms with E-state index >= 15 is 0 Å². The highest BCUT2D eigenvalue weighted by Crippen LogP contribution is 2.32. The lowest BCUT2D eigenvalue weighted by atomic mass is 9.90. The molecule has 0 radical (unpaired) electrons. The van der Waals surface area contributed by atoms with Gasteiger partial charge in [-0.3, -0.25) is 9.59 Å². The van der Waals surface area contributed by atoms with Crippen LogP contribution in [0.25, 0.3) is 0 Å². The molecule has 0 saturated carbocycles. The van der Waals surface area contributed by atoms with Crippen molar-refractivity contribution in [1.29, 1.82) is 0 Å². The van der Waals surface area contributed by atoms with Gasteiger partial charge in [-0.25, -0.2) is 0 Å². The fraction of sp³-hybridized carbons (Fsp3) is 0.579. The summed E-state index contributed by atoms with van der Waals surface area (Å²) in [5.41, 5.74) is 2.38. The third-order valence-electron chi connectivity index (χ3n) is 4.55. The molecule has 1 atom stereocenters. The van der Waals surface area contributed by atoms with Gasteiger partial charge in [0, 0.05) is 20.0 Å². The van der Waals surface area contributed by atoms with Crippen molar-refractivity contribution in [2.75, 3.05) is 13.1 Å². The second-order valence-electron chi connectivity index (χ2n) is 6.29. The lowest BCUT2D eigenvalue weighted by Gasteiger charge is -2.36. The Morgan fingerprint density at radius 1 is 1.22 bits per heavy atom. The minimum atomic E-state index is -0.131. The summed E-state index contributed by atoms with van der Waals surface area (Å²) in [6.45, 7) is 5.19. The summed E-state index contributed by atoms with van der Waals surface area (Å²) in [4.78, 5) is 26.0. The molecule has 0 spiro atoms. The molecule has 126 valence electrons. The van der Waals surface area contributed by atoms with E-state index in [1.54, 1.807) is 6.92 Å². The van der Waals surface area contributed by atoms with E-state index in [-0.39, 0.29) is 17.9 Å². The standard InChI is InChI=1S/C19H28N2O2/c1-3-4-5-8-12-20-19(23)14-18-17-10-7-6-9-16(17)11-13-21(18)15(2)22/h6-7,9-10,18H,3-5,8,11-14H2,1-2H3,(H,20,23). The first-order valence-corrected chi connectivity index (χ1v) is 8.75. The van der Waals surface area contributed by atoms with Crippen LogP contribution in [-0.4, -0.2) is 29.8 Å². The Morgan fingerprint density at radius 2 is 2.00 bits per heavy atom. The molecule has 1 heterocycles. The minimum Gasteiger partial charge on any atom is -0.356 e. The maximum Gasteiger partial charge on any atom is 0.222 e. The summed E-state index contributed by atoms with van der Waals surface area (Å²) in [7, 11) is 0. The molecule has 1 aliphatic rings. The van der Waals surface area contributed by atoms with Crippen LogP contribution < -0.4 is 5.32 Å². The van der Waals surface area contributed by atoms with Crippen molar-refractivity contribution in [3.63, 3.8) is 0 Å². The second-order valence-corrected chi connectivity index (χ2v) is 6.29. The number of unbranched alkanes of at least 4 members (excludes halogenated alkanes) is 3. The molecular weight excluding hydrogens is 288 g/mol. The summed E-state index contributed by atoms with van der Waals surface area (Å²) in [5.74, 6) is 0.0784. The van der Waals surface area contributed by atoms with Gasteiger partial charge in [-0.2, -0.15) is 0 Å². The normalized spacial score (nSPS) is 16.8. The molecule has 1 N–H and O–H groups in total. The Morgan fingerprint density at radius 3 is 2.74 bits per heavy atom. The van der Waals surface area contributed by atoms with Gasteiger partial charge in [-0.15, -0.1) is 0 Å². The van der Waals surface area contributed by atoms with Gasteiger partial charge in [0.1, 0.15) is 0 Å². The maximum absolute atomic E-state index is 12.3. The monoisotopic (exact) mass is 316 g/mol. The molecule has 23 heavy (non-hydrogen) atoms. The topological polar surface area (TPSA) is 49.4 Å². The first kappa shape index (κ1) is 17.5. The predicted octanol–water partition coefficient (Wildman–Crippen LogP) is 3.22. The van der Waals surface area contributed by atoms with Crippen molar-refractivity contribution in [2.45, 2.75) is 58.4 Å². The molecule has 1 aromatic rings. The first-order valence-electron chi connectivity index (χ1n) is 8.75. The number of hydrogen-bond acceptors (Lipinski definition) is 2. The number of carbonyl (C=O) groups excluding carboxylic acids is 2. The van der Waals surface area contributed by atoms with Crippen LogP contribution in [0, 0.1) is 0 Å². The van der Waals surface area contributed by atoms with Crippen molar-refractivity contribution in [3.05, 3.63) is 35.4 Å². The van der Waals surface area contributed by atoms with Crippen LogP contribution in [0.4, 0.5) is 0 Å². The van der Waals surface area contributed by atoms with E-state index < -0.39 is 0 Å². The number of carbonyl (C=O) groups is 2. The molecule has 4 heteroatoms. The van der Waals surface area contributed by atoms with E-state index in [9.17, 15) is 9.59 Å². The predicted molar refractivity (Wildman–Crippen MR) is 92.0 cm³/mol. The zero-order chi connectivity index (χ0) is 16.7. The van der Waals surface area contributed by atoms with Gasteiger partial charge < -0.3 is 10.2 Å². The van der Waals surface area contributed by atoms with Crippen LogP contribution in [0.15, 0.2) is 24.3 Å². The number of nitrogens with one attached hydrogen (secondary N) is 1. The Balaban J connectivity index is 1.97. The molecule has 0 bridgehead atoms. The number of benzene rings is 1. The fourth-order valence-electron chi connectivity index (χ4n) is 3.28. The number of rotatable bonds is 7. The van der Waals surface area contributed by atoms with Crippen LogP contribution in [0.2, 0.25) is 0 Å². The second kappa shape index (κ2) is 8.70. The SMILES string of the molecule is CCCCCCNC(=O)CC1c2ccccc2CCN1C(C)=O. The molecule has 2 amide bonds. The quantitative estimate of drug-likeness (QED) is 0.785. The average molecular weight is 316 g/mol. The highest BCUT2D eigenvalue weighted by atomic mass is 16.2. The fourth-order valence-corrected chi connectivity index (χ4v) is 3.28. The lowest BCUT2D eigenvalue weighted by molar-refractivity contribution is -0.133. The van der Waals surface area contributed by atoms with E-state index in [0.29, 0.717) is 13.0 Å². The van der Waals surface area contributed by atoms with E-state index in [4.69, 9.17) is 0 Å². The molecular formula is C19H28N2O2. The zero-order valence-electron chi connectivity index (χ0n) is 14.3. The molecule has 4 nitrogen and oxygen atoms in total. The highest BCUT2D eigenvalue weighted by molar-refractivity contribution is 5.79. The van der Waals surface area contributed by atoms with Gasteiger partial charge in [0.05, 0.1) is 12.5 Å². The molecule has 0 fully saturated rings. The molecule has 1 aliphatic heterocycles. The minimum absolute atomic E-state index is 0.0365. The van der Waals surface area contributed by atoms with Crippen LogP contribution in [0.5, 0.6) is 0 Å². The van der Waals surface area contributed by atoms with E-state index in [2.05, 4.69) is 18.3 Å². The van der Waals surface area contributed by atoms with Crippen LogP contribution >= 0.6 is 0 Å². The van der Waals surface area contributed by atoms with Gasteiger partial charge in [-0.05, 0) is 24.0 Å². The van der Waals surface area contributed by atoms with Crippen molar-refractivity contribution in [1.82, 2.24) is 10.2 Å². The van der Waals surface area contributed by atoms with E-state index in [0.717, 1.165) is 31.4 Å². The summed E-state index contributed by atoms with van der Waals surface area (Å²) in [6.07, 6.45) is 5.81. The first-order chi connectivity index (χ1) is 11.1. The van der Waals surface area contributed by atoms with Gasteiger partial charge in [0.15, 0.2) is 0 Å². The van der Waals surface area contributed by atoms with Crippen LogP contribution in [-0.2, 0) is 16.0 Å². The van der Waals surface area contributed by atoms with Gasteiger partial charge in [0.25, 0.3) is 0 Å². The number of hydrogen-bond donors (Lipinski definition) is 1. The average Bonchev–Trinajstić information content (AvgIpc) is 2.54. The Kier molecular flexibility index (Phi) is 6.63. The molecule has 0 aliphatic carbocycles. The summed E-state index contributed by atoms with van der Waals surface area (Å²) in [5, 5.41) is 3.00. The van der Waals surface area contributed by atoms with Crippen LogP contribution in [0.1, 0.15) is 63.1 Å². The van der Waals surface area contributed by atoms with Crippen molar-refractivity contribution in [3.8, 4) is 0 Å². The maximum atomic E-state index is 12.3. The smallest absolute Gasteiger partial charge is 0.222 e. The third kappa shape index (κ3) is 4.81. The highest BCUT2D eigenvalue weighted by Gasteiger charge is 2.30. The van der Waals surface area contributed by atoms with E-state index in [1.807, 2.05) is 23.1 Å². The third-order valence-corrected chi connectivity index (χ3v) is 4.55.